The molecule has 0 radical (unpaired) electrons. The average molecular weight is 167 g/mol. The van der Waals surface area contributed by atoms with Crippen LogP contribution in [0, 0.1) is 5.92 Å². The molecule has 0 amide bonds. The molecule has 1 aliphatic heterocycles. The minimum Gasteiger partial charge on any atom is -0.303 e. The zero-order valence-corrected chi connectivity index (χ0v) is 7.70. The number of carbonyl (C=O) groups excluding carboxylic acids is 1. The quantitative estimate of drug-likeness (QED) is 0.468. The van der Waals surface area contributed by atoms with Gasteiger partial charge in [-0.25, -0.2) is 0 Å². The number of hydrogen-bond acceptors (Lipinski definition) is 2. The highest BCUT2D eigenvalue weighted by atomic mass is 16.1. The Bertz CT molecular complexity index is 157. The first-order valence-electron chi connectivity index (χ1n) is 4.65. The maximum Gasteiger partial charge on any atom is 0.123 e. The van der Waals surface area contributed by atoms with E-state index in [9.17, 15) is 4.79 Å². The van der Waals surface area contributed by atoms with Crippen molar-refractivity contribution in [2.75, 3.05) is 19.6 Å². The van der Waals surface area contributed by atoms with Crippen molar-refractivity contribution in [1.29, 1.82) is 0 Å². The van der Waals surface area contributed by atoms with E-state index >= 15 is 0 Å². The fraction of sp³-hybridized carbons (Fsp3) is 0.700. The van der Waals surface area contributed by atoms with E-state index in [0.29, 0.717) is 5.92 Å². The first-order valence-corrected chi connectivity index (χ1v) is 4.65. The molecule has 0 spiro atoms. The second-order valence-electron chi connectivity index (χ2n) is 3.34. The van der Waals surface area contributed by atoms with Crippen LogP contribution in [0.2, 0.25) is 0 Å². The zero-order chi connectivity index (χ0) is 8.81. The third-order valence-corrected chi connectivity index (χ3v) is 2.42. The molecule has 0 aromatic carbocycles. The first-order chi connectivity index (χ1) is 5.86. The Morgan fingerprint density at radius 3 is 2.58 bits per heavy atom. The van der Waals surface area contributed by atoms with Crippen LogP contribution < -0.4 is 0 Å². The van der Waals surface area contributed by atoms with E-state index in [1.54, 1.807) is 0 Å². The van der Waals surface area contributed by atoms with Crippen molar-refractivity contribution in [1.82, 2.24) is 4.90 Å². The van der Waals surface area contributed by atoms with E-state index in [2.05, 4.69) is 17.1 Å². The molecule has 0 aromatic heterocycles. The molecular weight excluding hydrogens is 150 g/mol. The lowest BCUT2D eigenvalue weighted by Crippen LogP contribution is -2.34. The molecule has 0 atom stereocenters. The van der Waals surface area contributed by atoms with Gasteiger partial charge in [0.05, 0.1) is 0 Å². The van der Waals surface area contributed by atoms with Crippen LogP contribution in [-0.4, -0.2) is 30.8 Å². The molecule has 0 aliphatic carbocycles. The SMILES string of the molecule is CC=CCN1CCC(C=O)CC1. The summed E-state index contributed by atoms with van der Waals surface area (Å²) in [5, 5.41) is 0. The van der Waals surface area contributed by atoms with Gasteiger partial charge in [-0.05, 0) is 32.9 Å². The lowest BCUT2D eigenvalue weighted by atomic mass is 9.99. The summed E-state index contributed by atoms with van der Waals surface area (Å²) in [6, 6.07) is 0. The third kappa shape index (κ3) is 2.78. The van der Waals surface area contributed by atoms with E-state index in [4.69, 9.17) is 0 Å². The van der Waals surface area contributed by atoms with Crippen LogP contribution >= 0.6 is 0 Å². The molecule has 0 saturated carbocycles. The Labute approximate surface area is 74.2 Å². The van der Waals surface area contributed by atoms with E-state index in [0.717, 1.165) is 38.8 Å². The van der Waals surface area contributed by atoms with Crippen LogP contribution in [0.15, 0.2) is 12.2 Å². The van der Waals surface area contributed by atoms with E-state index < -0.39 is 0 Å². The molecule has 1 saturated heterocycles. The molecule has 0 aromatic rings. The van der Waals surface area contributed by atoms with Gasteiger partial charge in [0.1, 0.15) is 6.29 Å². The monoisotopic (exact) mass is 167 g/mol. The van der Waals surface area contributed by atoms with Gasteiger partial charge in [-0.15, -0.1) is 0 Å². The normalized spacial score (nSPS) is 21.8. The Morgan fingerprint density at radius 1 is 1.42 bits per heavy atom. The summed E-state index contributed by atoms with van der Waals surface area (Å²) < 4.78 is 0. The minimum absolute atomic E-state index is 0.326. The molecule has 1 fully saturated rings. The summed E-state index contributed by atoms with van der Waals surface area (Å²) in [7, 11) is 0. The number of likely N-dealkylation sites (tertiary alicyclic amines) is 1. The number of hydrogen-bond donors (Lipinski definition) is 0. The summed E-state index contributed by atoms with van der Waals surface area (Å²) in [6.45, 7) is 5.24. The van der Waals surface area contributed by atoms with Crippen molar-refractivity contribution in [3.8, 4) is 0 Å². The molecule has 1 aliphatic rings. The van der Waals surface area contributed by atoms with Gasteiger partial charge in [0, 0.05) is 12.5 Å². The zero-order valence-electron chi connectivity index (χ0n) is 7.70. The van der Waals surface area contributed by atoms with Gasteiger partial charge in [-0.1, -0.05) is 12.2 Å². The van der Waals surface area contributed by atoms with Crippen LogP contribution in [0.5, 0.6) is 0 Å². The smallest absolute Gasteiger partial charge is 0.123 e. The van der Waals surface area contributed by atoms with Crippen LogP contribution in [0.4, 0.5) is 0 Å². The number of carbonyl (C=O) groups is 1. The van der Waals surface area contributed by atoms with Gasteiger partial charge in [-0.2, -0.15) is 0 Å². The van der Waals surface area contributed by atoms with Gasteiger partial charge in [0.15, 0.2) is 0 Å². The summed E-state index contributed by atoms with van der Waals surface area (Å²) >= 11 is 0. The van der Waals surface area contributed by atoms with Crippen molar-refractivity contribution < 1.29 is 4.79 Å². The number of rotatable bonds is 3. The fourth-order valence-electron chi connectivity index (χ4n) is 1.53. The van der Waals surface area contributed by atoms with Gasteiger partial charge in [-0.3, -0.25) is 4.90 Å². The van der Waals surface area contributed by atoms with Crippen LogP contribution in [0.1, 0.15) is 19.8 Å². The van der Waals surface area contributed by atoms with Crippen molar-refractivity contribution in [3.05, 3.63) is 12.2 Å². The number of aldehydes is 1. The Morgan fingerprint density at radius 2 is 2.08 bits per heavy atom. The van der Waals surface area contributed by atoms with Crippen molar-refractivity contribution in [3.63, 3.8) is 0 Å². The summed E-state index contributed by atoms with van der Waals surface area (Å²) in [4.78, 5) is 12.8. The molecular formula is C10H17NO. The maximum atomic E-state index is 10.4. The van der Waals surface area contributed by atoms with Crippen LogP contribution in [0.25, 0.3) is 0 Å². The molecule has 12 heavy (non-hydrogen) atoms. The topological polar surface area (TPSA) is 20.3 Å². The number of piperidine rings is 1. The molecule has 0 bridgehead atoms. The summed E-state index contributed by atoms with van der Waals surface area (Å²) in [5.74, 6) is 0.326. The molecule has 0 N–H and O–H groups in total. The lowest BCUT2D eigenvalue weighted by Gasteiger charge is -2.28. The van der Waals surface area contributed by atoms with E-state index in [-0.39, 0.29) is 0 Å². The van der Waals surface area contributed by atoms with Gasteiger partial charge in [0.2, 0.25) is 0 Å². The predicted molar refractivity (Wildman–Crippen MR) is 50.0 cm³/mol. The van der Waals surface area contributed by atoms with Crippen LogP contribution in [0.3, 0.4) is 0 Å². The van der Waals surface area contributed by atoms with E-state index in [1.807, 2.05) is 6.92 Å². The summed E-state index contributed by atoms with van der Waals surface area (Å²) in [6.07, 6.45) is 7.43. The fourth-order valence-corrected chi connectivity index (χ4v) is 1.53. The molecule has 68 valence electrons. The Balaban J connectivity index is 2.21. The highest BCUT2D eigenvalue weighted by molar-refractivity contribution is 5.53. The highest BCUT2D eigenvalue weighted by Crippen LogP contribution is 2.14. The minimum atomic E-state index is 0.326. The highest BCUT2D eigenvalue weighted by Gasteiger charge is 2.16. The molecule has 0 unspecified atom stereocenters. The van der Waals surface area contributed by atoms with Crippen molar-refractivity contribution in [2.45, 2.75) is 19.8 Å². The molecule has 2 nitrogen and oxygen atoms in total. The largest absolute Gasteiger partial charge is 0.303 e. The van der Waals surface area contributed by atoms with Crippen molar-refractivity contribution >= 4 is 6.29 Å². The van der Waals surface area contributed by atoms with Gasteiger partial charge < -0.3 is 4.79 Å². The average Bonchev–Trinajstić information content (AvgIpc) is 2.15. The van der Waals surface area contributed by atoms with Gasteiger partial charge in [0.25, 0.3) is 0 Å². The number of nitrogens with zero attached hydrogens (tertiary/aromatic N) is 1. The standard InChI is InChI=1S/C10H17NO/c1-2-3-6-11-7-4-10(9-12)5-8-11/h2-3,9-10H,4-8H2,1H3. The van der Waals surface area contributed by atoms with Gasteiger partial charge >= 0.3 is 0 Å². The number of allylic oxidation sites excluding steroid dienone is 1. The van der Waals surface area contributed by atoms with Crippen molar-refractivity contribution in [2.24, 2.45) is 5.92 Å². The van der Waals surface area contributed by atoms with Crippen LogP contribution in [-0.2, 0) is 4.79 Å². The Kier molecular flexibility index (Phi) is 4.01. The predicted octanol–water partition coefficient (Wildman–Crippen LogP) is 1.47. The van der Waals surface area contributed by atoms with E-state index in [1.165, 1.54) is 0 Å². The Hall–Kier alpha value is -0.630. The lowest BCUT2D eigenvalue weighted by molar-refractivity contribution is -0.112. The second kappa shape index (κ2) is 5.09. The summed E-state index contributed by atoms with van der Waals surface area (Å²) in [5.41, 5.74) is 0. The first kappa shape index (κ1) is 9.46. The molecule has 2 heteroatoms. The molecule has 1 heterocycles. The maximum absolute atomic E-state index is 10.4. The molecule has 1 rings (SSSR count). The second-order valence-corrected chi connectivity index (χ2v) is 3.34. The third-order valence-electron chi connectivity index (χ3n) is 2.42.